The van der Waals surface area contributed by atoms with Crippen LogP contribution in [0.5, 0.6) is 0 Å². The number of aryl methyl sites for hydroxylation is 1. The van der Waals surface area contributed by atoms with E-state index in [4.69, 9.17) is 0 Å². The van der Waals surface area contributed by atoms with Crippen LogP contribution in [0.15, 0.2) is 30.3 Å². The standard InChI is InChI=1S/C17H29N/c1-17(2,3)16(18-4)14-10-6-9-13-15-11-7-5-8-12-15/h5,7-8,11-12,16,18H,6,9-10,13-14H2,1-4H3. The third-order valence-corrected chi connectivity index (χ3v) is 3.69. The van der Waals surface area contributed by atoms with Crippen molar-refractivity contribution in [1.82, 2.24) is 5.32 Å². The first-order chi connectivity index (χ1) is 8.54. The Morgan fingerprint density at radius 3 is 2.22 bits per heavy atom. The zero-order valence-electron chi connectivity index (χ0n) is 12.5. The Balaban J connectivity index is 2.15. The molecule has 0 radical (unpaired) electrons. The maximum Gasteiger partial charge on any atom is 0.0113 e. The lowest BCUT2D eigenvalue weighted by atomic mass is 9.83. The highest BCUT2D eigenvalue weighted by Crippen LogP contribution is 2.23. The summed E-state index contributed by atoms with van der Waals surface area (Å²) in [5, 5.41) is 3.45. The third-order valence-electron chi connectivity index (χ3n) is 3.69. The van der Waals surface area contributed by atoms with E-state index in [2.05, 4.69) is 63.5 Å². The van der Waals surface area contributed by atoms with Crippen LogP contribution >= 0.6 is 0 Å². The summed E-state index contributed by atoms with van der Waals surface area (Å²) in [5.41, 5.74) is 1.84. The van der Waals surface area contributed by atoms with E-state index in [0.717, 1.165) is 0 Å². The van der Waals surface area contributed by atoms with Crippen LogP contribution in [-0.2, 0) is 6.42 Å². The van der Waals surface area contributed by atoms with Gasteiger partial charge >= 0.3 is 0 Å². The Morgan fingerprint density at radius 2 is 1.67 bits per heavy atom. The lowest BCUT2D eigenvalue weighted by Gasteiger charge is -2.30. The molecular weight excluding hydrogens is 218 g/mol. The van der Waals surface area contributed by atoms with Crippen molar-refractivity contribution in [2.24, 2.45) is 5.41 Å². The van der Waals surface area contributed by atoms with E-state index in [1.807, 2.05) is 0 Å². The quantitative estimate of drug-likeness (QED) is 0.703. The van der Waals surface area contributed by atoms with Gasteiger partial charge in [0, 0.05) is 6.04 Å². The molecule has 1 rings (SSSR count). The topological polar surface area (TPSA) is 12.0 Å². The number of hydrogen-bond donors (Lipinski definition) is 1. The van der Waals surface area contributed by atoms with Gasteiger partial charge in [-0.3, -0.25) is 0 Å². The van der Waals surface area contributed by atoms with Crippen molar-refractivity contribution in [2.45, 2.75) is 58.9 Å². The molecule has 0 aliphatic rings. The van der Waals surface area contributed by atoms with E-state index in [9.17, 15) is 0 Å². The van der Waals surface area contributed by atoms with E-state index >= 15 is 0 Å². The van der Waals surface area contributed by atoms with Gasteiger partial charge < -0.3 is 5.32 Å². The van der Waals surface area contributed by atoms with Gasteiger partial charge in [0.15, 0.2) is 0 Å². The van der Waals surface area contributed by atoms with Gasteiger partial charge in [-0.15, -0.1) is 0 Å². The Bertz CT molecular complexity index is 310. The molecular formula is C17H29N. The molecule has 0 saturated carbocycles. The molecule has 102 valence electrons. The molecule has 0 saturated heterocycles. The highest BCUT2D eigenvalue weighted by atomic mass is 14.9. The van der Waals surface area contributed by atoms with Gasteiger partial charge in [0.25, 0.3) is 0 Å². The summed E-state index contributed by atoms with van der Waals surface area (Å²) in [5.74, 6) is 0. The van der Waals surface area contributed by atoms with Crippen molar-refractivity contribution in [2.75, 3.05) is 7.05 Å². The Hall–Kier alpha value is -0.820. The van der Waals surface area contributed by atoms with E-state index in [1.165, 1.54) is 37.7 Å². The van der Waals surface area contributed by atoms with Crippen LogP contribution in [0.25, 0.3) is 0 Å². The third kappa shape index (κ3) is 5.68. The van der Waals surface area contributed by atoms with Gasteiger partial charge in [-0.1, -0.05) is 63.9 Å². The summed E-state index contributed by atoms with van der Waals surface area (Å²) in [6.07, 6.45) is 6.48. The fourth-order valence-corrected chi connectivity index (χ4v) is 2.51. The molecule has 18 heavy (non-hydrogen) atoms. The Morgan fingerprint density at radius 1 is 1.00 bits per heavy atom. The number of rotatable bonds is 7. The first-order valence-electron chi connectivity index (χ1n) is 7.25. The summed E-state index contributed by atoms with van der Waals surface area (Å²) in [4.78, 5) is 0. The molecule has 0 heterocycles. The average Bonchev–Trinajstić information content (AvgIpc) is 2.33. The predicted octanol–water partition coefficient (Wildman–Crippen LogP) is 4.42. The maximum atomic E-state index is 3.45. The molecule has 1 N–H and O–H groups in total. The summed E-state index contributed by atoms with van der Waals surface area (Å²) in [7, 11) is 2.08. The van der Waals surface area contributed by atoms with E-state index in [1.54, 1.807) is 0 Å². The van der Waals surface area contributed by atoms with Crippen molar-refractivity contribution in [3.8, 4) is 0 Å². The van der Waals surface area contributed by atoms with E-state index in [-0.39, 0.29) is 0 Å². The molecule has 1 atom stereocenters. The smallest absolute Gasteiger partial charge is 0.0113 e. The molecule has 1 aromatic rings. The second-order valence-corrected chi connectivity index (χ2v) is 6.29. The summed E-state index contributed by atoms with van der Waals surface area (Å²) in [6.45, 7) is 6.95. The molecule has 0 spiro atoms. The van der Waals surface area contributed by atoms with Crippen LogP contribution in [0, 0.1) is 5.41 Å². The summed E-state index contributed by atoms with van der Waals surface area (Å²) in [6, 6.07) is 11.4. The lowest BCUT2D eigenvalue weighted by Crippen LogP contribution is -2.37. The van der Waals surface area contributed by atoms with Gasteiger partial charge in [-0.05, 0) is 37.3 Å². The molecule has 1 heteroatoms. The fraction of sp³-hybridized carbons (Fsp3) is 0.647. The second kappa shape index (κ2) is 7.58. The zero-order chi connectivity index (χ0) is 13.4. The maximum absolute atomic E-state index is 3.45. The number of benzene rings is 1. The molecule has 1 unspecified atom stereocenters. The van der Waals surface area contributed by atoms with Gasteiger partial charge in [-0.25, -0.2) is 0 Å². The minimum absolute atomic E-state index is 0.369. The number of unbranched alkanes of at least 4 members (excludes halogenated alkanes) is 2. The molecule has 1 aromatic carbocycles. The second-order valence-electron chi connectivity index (χ2n) is 6.29. The first-order valence-corrected chi connectivity index (χ1v) is 7.25. The fourth-order valence-electron chi connectivity index (χ4n) is 2.51. The van der Waals surface area contributed by atoms with Crippen molar-refractivity contribution in [3.63, 3.8) is 0 Å². The monoisotopic (exact) mass is 247 g/mol. The summed E-state index contributed by atoms with van der Waals surface area (Å²) >= 11 is 0. The number of hydrogen-bond acceptors (Lipinski definition) is 1. The largest absolute Gasteiger partial charge is 0.316 e. The van der Waals surface area contributed by atoms with Crippen LogP contribution in [0.2, 0.25) is 0 Å². The highest BCUT2D eigenvalue weighted by molar-refractivity contribution is 5.14. The minimum atomic E-state index is 0.369. The van der Waals surface area contributed by atoms with Crippen LogP contribution in [0.1, 0.15) is 52.0 Å². The van der Waals surface area contributed by atoms with E-state index in [0.29, 0.717) is 11.5 Å². The van der Waals surface area contributed by atoms with Gasteiger partial charge in [0.1, 0.15) is 0 Å². The lowest BCUT2D eigenvalue weighted by molar-refractivity contribution is 0.261. The molecule has 0 aliphatic carbocycles. The predicted molar refractivity (Wildman–Crippen MR) is 80.9 cm³/mol. The molecule has 0 aliphatic heterocycles. The van der Waals surface area contributed by atoms with Crippen molar-refractivity contribution in [3.05, 3.63) is 35.9 Å². The Labute approximate surface area is 113 Å². The van der Waals surface area contributed by atoms with Crippen LogP contribution in [0.3, 0.4) is 0 Å². The Kier molecular flexibility index (Phi) is 6.42. The molecule has 1 nitrogen and oxygen atoms in total. The zero-order valence-corrected chi connectivity index (χ0v) is 12.5. The summed E-state index contributed by atoms with van der Waals surface area (Å²) < 4.78 is 0. The van der Waals surface area contributed by atoms with Crippen LogP contribution in [0.4, 0.5) is 0 Å². The molecule has 0 aromatic heterocycles. The van der Waals surface area contributed by atoms with Crippen molar-refractivity contribution < 1.29 is 0 Å². The normalized spacial score (nSPS) is 13.6. The van der Waals surface area contributed by atoms with Crippen molar-refractivity contribution >= 4 is 0 Å². The molecule has 0 bridgehead atoms. The van der Waals surface area contributed by atoms with Crippen molar-refractivity contribution in [1.29, 1.82) is 0 Å². The van der Waals surface area contributed by atoms with Gasteiger partial charge in [0.05, 0.1) is 0 Å². The number of nitrogens with one attached hydrogen (secondary N) is 1. The molecule has 0 amide bonds. The average molecular weight is 247 g/mol. The van der Waals surface area contributed by atoms with Crippen LogP contribution < -0.4 is 5.32 Å². The van der Waals surface area contributed by atoms with Gasteiger partial charge in [0.2, 0.25) is 0 Å². The van der Waals surface area contributed by atoms with E-state index < -0.39 is 0 Å². The minimum Gasteiger partial charge on any atom is -0.316 e. The first kappa shape index (κ1) is 15.2. The SMILES string of the molecule is CNC(CCCCCc1ccccc1)C(C)(C)C. The van der Waals surface area contributed by atoms with Gasteiger partial charge in [-0.2, -0.15) is 0 Å². The van der Waals surface area contributed by atoms with Crippen LogP contribution in [-0.4, -0.2) is 13.1 Å². The molecule has 0 fully saturated rings. The highest BCUT2D eigenvalue weighted by Gasteiger charge is 2.21.